The molecule has 0 aliphatic carbocycles. The second-order valence-corrected chi connectivity index (χ2v) is 3.35. The molecule has 0 atom stereocenters. The third-order valence-corrected chi connectivity index (χ3v) is 2.03. The third-order valence-electron chi connectivity index (χ3n) is 2.03. The summed E-state index contributed by atoms with van der Waals surface area (Å²) in [5.41, 5.74) is 6.23. The molecular weight excluding hydrogens is 222 g/mol. The third kappa shape index (κ3) is 5.21. The highest BCUT2D eigenvalue weighted by molar-refractivity contribution is 5.69. The molecule has 0 heterocycles. The lowest BCUT2D eigenvalue weighted by Crippen LogP contribution is -2.13. The Morgan fingerprint density at radius 1 is 1.24 bits per heavy atom. The van der Waals surface area contributed by atoms with E-state index in [0.29, 0.717) is 18.0 Å². The van der Waals surface area contributed by atoms with Gasteiger partial charge in [-0.2, -0.15) is 0 Å². The Hall–Kier alpha value is -1.75. The first-order valence-corrected chi connectivity index (χ1v) is 5.36. The molecule has 1 aromatic carbocycles. The maximum absolute atomic E-state index is 11.2. The Labute approximate surface area is 100 Å². The molecule has 1 rings (SSSR count). The number of nitrogen functional groups attached to an aromatic ring is 1. The molecule has 0 bridgehead atoms. The van der Waals surface area contributed by atoms with Gasteiger partial charge >= 0.3 is 5.97 Å². The molecule has 0 saturated heterocycles. The monoisotopic (exact) mass is 239 g/mol. The van der Waals surface area contributed by atoms with E-state index >= 15 is 0 Å². The van der Waals surface area contributed by atoms with Crippen molar-refractivity contribution in [1.29, 1.82) is 0 Å². The van der Waals surface area contributed by atoms with E-state index < -0.39 is 0 Å². The minimum atomic E-state index is -0.309. The van der Waals surface area contributed by atoms with Crippen LogP contribution in [0.3, 0.4) is 0 Å². The highest BCUT2D eigenvalue weighted by Gasteiger charge is 2.04. The summed E-state index contributed by atoms with van der Waals surface area (Å²) in [6.07, 6.45) is 0.193. The van der Waals surface area contributed by atoms with Gasteiger partial charge in [-0.1, -0.05) is 12.1 Å². The van der Waals surface area contributed by atoms with Gasteiger partial charge in [-0.3, -0.25) is 4.79 Å². The fraction of sp³-hybridized carbons (Fsp3) is 0.417. The Kier molecular flexibility index (Phi) is 5.88. The first kappa shape index (κ1) is 13.3. The second-order valence-electron chi connectivity index (χ2n) is 3.35. The van der Waals surface area contributed by atoms with Crippen molar-refractivity contribution in [3.05, 3.63) is 24.3 Å². The van der Waals surface area contributed by atoms with E-state index in [4.69, 9.17) is 19.9 Å². The molecule has 0 radical (unpaired) electrons. The van der Waals surface area contributed by atoms with Crippen molar-refractivity contribution >= 4 is 11.7 Å². The zero-order valence-electron chi connectivity index (χ0n) is 9.85. The molecule has 0 fully saturated rings. The van der Waals surface area contributed by atoms with Crippen molar-refractivity contribution in [2.24, 2.45) is 0 Å². The van der Waals surface area contributed by atoms with E-state index in [1.54, 1.807) is 19.2 Å². The van der Waals surface area contributed by atoms with Crippen LogP contribution in [-0.4, -0.2) is 32.9 Å². The summed E-state index contributed by atoms with van der Waals surface area (Å²) in [5, 5.41) is 0. The van der Waals surface area contributed by atoms with E-state index in [2.05, 4.69) is 0 Å². The summed E-state index contributed by atoms with van der Waals surface area (Å²) < 4.78 is 15.0. The molecule has 0 aliphatic heterocycles. The summed E-state index contributed by atoms with van der Waals surface area (Å²) in [5.74, 6) is 0.272. The topological polar surface area (TPSA) is 70.8 Å². The average Bonchev–Trinajstić information content (AvgIpc) is 2.32. The van der Waals surface area contributed by atoms with Gasteiger partial charge in [0.15, 0.2) is 0 Å². The summed E-state index contributed by atoms with van der Waals surface area (Å²) >= 11 is 0. The molecule has 0 saturated carbocycles. The van der Waals surface area contributed by atoms with E-state index in [-0.39, 0.29) is 25.6 Å². The molecule has 0 aromatic heterocycles. The van der Waals surface area contributed by atoms with Gasteiger partial charge in [0.2, 0.25) is 0 Å². The number of hydrogen-bond acceptors (Lipinski definition) is 5. The van der Waals surface area contributed by atoms with Gasteiger partial charge in [0.1, 0.15) is 12.4 Å². The number of carbonyl (C=O) groups excluding carboxylic acids is 1. The van der Waals surface area contributed by atoms with Gasteiger partial charge in [-0.05, 0) is 12.1 Å². The molecule has 5 heteroatoms. The maximum atomic E-state index is 11.2. The number of rotatable bonds is 7. The fourth-order valence-electron chi connectivity index (χ4n) is 1.17. The number of anilines is 1. The van der Waals surface area contributed by atoms with Crippen molar-refractivity contribution in [1.82, 2.24) is 0 Å². The predicted molar refractivity (Wildman–Crippen MR) is 63.8 cm³/mol. The van der Waals surface area contributed by atoms with Crippen LogP contribution < -0.4 is 10.5 Å². The normalized spacial score (nSPS) is 9.94. The quantitative estimate of drug-likeness (QED) is 0.440. The molecule has 2 N–H and O–H groups in total. The van der Waals surface area contributed by atoms with Gasteiger partial charge in [0.25, 0.3) is 0 Å². The minimum Gasteiger partial charge on any atom is -0.491 e. The van der Waals surface area contributed by atoms with Gasteiger partial charge in [-0.15, -0.1) is 0 Å². The van der Waals surface area contributed by atoms with Gasteiger partial charge in [0, 0.05) is 7.11 Å². The summed E-state index contributed by atoms with van der Waals surface area (Å²) in [6, 6.07) is 7.14. The number of carbonyl (C=O) groups is 1. The Morgan fingerprint density at radius 3 is 2.71 bits per heavy atom. The van der Waals surface area contributed by atoms with Crippen LogP contribution in [0.1, 0.15) is 6.42 Å². The lowest BCUT2D eigenvalue weighted by molar-refractivity contribution is -0.145. The minimum absolute atomic E-state index is 0.193. The van der Waals surface area contributed by atoms with Crippen LogP contribution >= 0.6 is 0 Å². The van der Waals surface area contributed by atoms with Crippen LogP contribution in [0.25, 0.3) is 0 Å². The van der Waals surface area contributed by atoms with Crippen molar-refractivity contribution in [3.63, 3.8) is 0 Å². The zero-order chi connectivity index (χ0) is 12.5. The molecular formula is C12H17NO4. The number of esters is 1. The molecule has 0 aliphatic rings. The molecule has 0 amide bonds. The van der Waals surface area contributed by atoms with E-state index in [0.717, 1.165) is 0 Å². The van der Waals surface area contributed by atoms with Crippen LogP contribution in [0.15, 0.2) is 24.3 Å². The highest BCUT2D eigenvalue weighted by Crippen LogP contribution is 2.19. The number of benzene rings is 1. The largest absolute Gasteiger partial charge is 0.491 e. The first-order chi connectivity index (χ1) is 8.24. The summed E-state index contributed by atoms with van der Waals surface area (Å²) in [4.78, 5) is 11.2. The van der Waals surface area contributed by atoms with Crippen molar-refractivity contribution in [2.75, 3.05) is 32.7 Å². The average molecular weight is 239 g/mol. The number of methoxy groups -OCH3 is 1. The highest BCUT2D eigenvalue weighted by atomic mass is 16.6. The summed E-state index contributed by atoms with van der Waals surface area (Å²) in [6.45, 7) is 0.918. The predicted octanol–water partition coefficient (Wildman–Crippen LogP) is 1.23. The Balaban J connectivity index is 2.19. The van der Waals surface area contributed by atoms with Crippen molar-refractivity contribution < 1.29 is 19.0 Å². The van der Waals surface area contributed by atoms with E-state index in [1.165, 1.54) is 0 Å². The van der Waals surface area contributed by atoms with Crippen LogP contribution in [0.5, 0.6) is 5.75 Å². The second kappa shape index (κ2) is 7.51. The zero-order valence-corrected chi connectivity index (χ0v) is 9.85. The SMILES string of the molecule is COCCOC(=O)CCOc1ccccc1N. The van der Waals surface area contributed by atoms with Crippen molar-refractivity contribution in [2.45, 2.75) is 6.42 Å². The molecule has 0 unspecified atom stereocenters. The summed E-state index contributed by atoms with van der Waals surface area (Å²) in [7, 11) is 1.55. The Morgan fingerprint density at radius 2 is 2.00 bits per heavy atom. The maximum Gasteiger partial charge on any atom is 0.309 e. The lowest BCUT2D eigenvalue weighted by atomic mass is 10.3. The van der Waals surface area contributed by atoms with Crippen LogP contribution in [0, 0.1) is 0 Å². The van der Waals surface area contributed by atoms with Gasteiger partial charge < -0.3 is 19.9 Å². The van der Waals surface area contributed by atoms with Gasteiger partial charge in [-0.25, -0.2) is 0 Å². The van der Waals surface area contributed by atoms with Gasteiger partial charge in [0.05, 0.1) is 25.3 Å². The molecule has 17 heavy (non-hydrogen) atoms. The van der Waals surface area contributed by atoms with Crippen LogP contribution in [-0.2, 0) is 14.3 Å². The number of ether oxygens (including phenoxy) is 3. The lowest BCUT2D eigenvalue weighted by Gasteiger charge is -2.08. The molecule has 0 spiro atoms. The first-order valence-electron chi connectivity index (χ1n) is 5.36. The number of nitrogens with two attached hydrogens (primary N) is 1. The standard InChI is InChI=1S/C12H17NO4/c1-15-8-9-17-12(14)6-7-16-11-5-3-2-4-10(11)13/h2-5H,6-9,13H2,1H3. The van der Waals surface area contributed by atoms with E-state index in [9.17, 15) is 4.79 Å². The van der Waals surface area contributed by atoms with Crippen LogP contribution in [0.2, 0.25) is 0 Å². The smallest absolute Gasteiger partial charge is 0.309 e. The van der Waals surface area contributed by atoms with E-state index in [1.807, 2.05) is 12.1 Å². The van der Waals surface area contributed by atoms with Crippen molar-refractivity contribution in [3.8, 4) is 5.75 Å². The molecule has 94 valence electrons. The molecule has 1 aromatic rings. The number of hydrogen-bond donors (Lipinski definition) is 1. The molecule has 5 nitrogen and oxygen atoms in total. The van der Waals surface area contributed by atoms with Crippen LogP contribution in [0.4, 0.5) is 5.69 Å². The Bertz CT molecular complexity index is 354. The number of para-hydroxylation sites is 2. The fourth-order valence-corrected chi connectivity index (χ4v) is 1.17.